The number of rotatable bonds is 3. The van der Waals surface area contributed by atoms with Crippen LogP contribution in [0.25, 0.3) is 0 Å². The zero-order valence-electron chi connectivity index (χ0n) is 9.65. The fourth-order valence-electron chi connectivity index (χ4n) is 1.97. The second-order valence-electron chi connectivity index (χ2n) is 4.53. The molecule has 0 radical (unpaired) electrons. The Hall–Kier alpha value is -0.960. The van der Waals surface area contributed by atoms with Crippen LogP contribution in [0.1, 0.15) is 25.3 Å². The molecular weight excluding hydrogens is 216 g/mol. The number of thioether (sulfide) groups is 1. The first-order chi connectivity index (χ1) is 7.68. The number of amidine groups is 1. The molecule has 1 aliphatic rings. The molecule has 0 spiro atoms. The smallest absolute Gasteiger partial charge is 0.154 e. The van der Waals surface area contributed by atoms with Gasteiger partial charge in [-0.05, 0) is 31.7 Å². The van der Waals surface area contributed by atoms with Gasteiger partial charge in [0, 0.05) is 5.75 Å². The number of hydrogen-bond acceptors (Lipinski definition) is 3. The summed E-state index contributed by atoms with van der Waals surface area (Å²) in [5.41, 5.74) is 7.22. The predicted octanol–water partition coefficient (Wildman–Crippen LogP) is 2.83. The average Bonchev–Trinajstić information content (AvgIpc) is 2.28. The van der Waals surface area contributed by atoms with Crippen LogP contribution in [0.15, 0.2) is 35.3 Å². The second kappa shape index (κ2) is 4.91. The number of hydrogen-bond donors (Lipinski definition) is 1. The molecule has 1 atom stereocenters. The third-order valence-electron chi connectivity index (χ3n) is 3.07. The first-order valence-corrected chi connectivity index (χ1v) is 6.69. The van der Waals surface area contributed by atoms with Gasteiger partial charge < -0.3 is 5.73 Å². The topological polar surface area (TPSA) is 38.4 Å². The summed E-state index contributed by atoms with van der Waals surface area (Å²) in [5, 5.41) is 0.752. The fourth-order valence-corrected chi connectivity index (χ4v) is 3.00. The van der Waals surface area contributed by atoms with Crippen molar-refractivity contribution in [3.8, 4) is 0 Å². The van der Waals surface area contributed by atoms with Gasteiger partial charge in [-0.15, -0.1) is 0 Å². The SMILES string of the molecule is C[C@@]1(CCc2ccccc2)CCSC(N)=N1. The number of nitrogens with two attached hydrogens (primary N) is 1. The Bertz CT molecular complexity index is 375. The highest BCUT2D eigenvalue weighted by Gasteiger charge is 2.26. The molecule has 0 fully saturated rings. The van der Waals surface area contributed by atoms with E-state index in [1.54, 1.807) is 11.8 Å². The average molecular weight is 234 g/mol. The molecule has 16 heavy (non-hydrogen) atoms. The zero-order chi connectivity index (χ0) is 11.4. The van der Waals surface area contributed by atoms with Crippen molar-refractivity contribution in [2.45, 2.75) is 31.7 Å². The fraction of sp³-hybridized carbons (Fsp3) is 0.462. The number of aryl methyl sites for hydroxylation is 1. The summed E-state index contributed by atoms with van der Waals surface area (Å²) < 4.78 is 0. The van der Waals surface area contributed by atoms with Crippen LogP contribution in [0, 0.1) is 0 Å². The van der Waals surface area contributed by atoms with Gasteiger partial charge in [0.1, 0.15) is 0 Å². The molecule has 0 saturated heterocycles. The van der Waals surface area contributed by atoms with Crippen LogP contribution in [0.3, 0.4) is 0 Å². The van der Waals surface area contributed by atoms with E-state index < -0.39 is 0 Å². The number of benzene rings is 1. The van der Waals surface area contributed by atoms with Gasteiger partial charge in [-0.2, -0.15) is 0 Å². The Labute approximate surface area is 101 Å². The van der Waals surface area contributed by atoms with Gasteiger partial charge in [-0.25, -0.2) is 0 Å². The van der Waals surface area contributed by atoms with E-state index in [4.69, 9.17) is 5.73 Å². The summed E-state index contributed by atoms with van der Waals surface area (Å²) in [4.78, 5) is 4.59. The highest BCUT2D eigenvalue weighted by Crippen LogP contribution is 2.29. The monoisotopic (exact) mass is 234 g/mol. The molecule has 1 aliphatic heterocycles. The van der Waals surface area contributed by atoms with Gasteiger partial charge in [-0.1, -0.05) is 42.1 Å². The molecule has 1 aromatic carbocycles. The van der Waals surface area contributed by atoms with E-state index in [1.165, 1.54) is 5.56 Å². The van der Waals surface area contributed by atoms with Crippen molar-refractivity contribution in [1.82, 2.24) is 0 Å². The maximum atomic E-state index is 5.79. The molecule has 2 nitrogen and oxygen atoms in total. The van der Waals surface area contributed by atoms with Crippen molar-refractivity contribution in [3.05, 3.63) is 35.9 Å². The van der Waals surface area contributed by atoms with Crippen LogP contribution in [0.5, 0.6) is 0 Å². The Morgan fingerprint density at radius 3 is 2.81 bits per heavy atom. The summed E-state index contributed by atoms with van der Waals surface area (Å²) in [7, 11) is 0. The Kier molecular flexibility index (Phi) is 3.54. The van der Waals surface area contributed by atoms with Crippen LogP contribution < -0.4 is 5.73 Å². The van der Waals surface area contributed by atoms with Crippen LogP contribution in [0.4, 0.5) is 0 Å². The number of nitrogens with zero attached hydrogens (tertiary/aromatic N) is 1. The molecule has 1 heterocycles. The maximum Gasteiger partial charge on any atom is 0.154 e. The first kappa shape index (κ1) is 11.5. The quantitative estimate of drug-likeness (QED) is 0.873. The molecule has 2 N–H and O–H groups in total. The van der Waals surface area contributed by atoms with Gasteiger partial charge in [-0.3, -0.25) is 4.99 Å². The van der Waals surface area contributed by atoms with Gasteiger partial charge in [0.05, 0.1) is 5.54 Å². The molecule has 0 unspecified atom stereocenters. The van der Waals surface area contributed by atoms with E-state index in [0.29, 0.717) is 0 Å². The van der Waals surface area contributed by atoms with Crippen molar-refractivity contribution in [2.75, 3.05) is 5.75 Å². The highest BCUT2D eigenvalue weighted by molar-refractivity contribution is 8.13. The molecule has 1 aromatic rings. The lowest BCUT2D eigenvalue weighted by Crippen LogP contribution is -2.31. The summed E-state index contributed by atoms with van der Waals surface area (Å²) in [6, 6.07) is 10.6. The van der Waals surface area contributed by atoms with Crippen molar-refractivity contribution < 1.29 is 0 Å². The van der Waals surface area contributed by atoms with E-state index >= 15 is 0 Å². The summed E-state index contributed by atoms with van der Waals surface area (Å²) >= 11 is 1.67. The predicted molar refractivity (Wildman–Crippen MR) is 71.9 cm³/mol. The minimum absolute atomic E-state index is 0.0468. The molecule has 0 saturated carbocycles. The lowest BCUT2D eigenvalue weighted by Gasteiger charge is -2.29. The normalized spacial score (nSPS) is 25.2. The molecule has 3 heteroatoms. The Morgan fingerprint density at radius 2 is 2.12 bits per heavy atom. The molecule has 2 rings (SSSR count). The molecule has 0 bridgehead atoms. The van der Waals surface area contributed by atoms with Gasteiger partial charge in [0.25, 0.3) is 0 Å². The molecule has 0 aliphatic carbocycles. The third-order valence-corrected chi connectivity index (χ3v) is 3.86. The van der Waals surface area contributed by atoms with Crippen LogP contribution >= 0.6 is 11.8 Å². The van der Waals surface area contributed by atoms with Gasteiger partial charge in [0.2, 0.25) is 0 Å². The lowest BCUT2D eigenvalue weighted by molar-refractivity contribution is 0.423. The molecule has 86 valence electrons. The van der Waals surface area contributed by atoms with Crippen molar-refractivity contribution >= 4 is 16.9 Å². The standard InChI is InChI=1S/C13H18N2S/c1-13(9-10-16-12(14)15-13)8-7-11-5-3-2-4-6-11/h2-6H,7-10H2,1H3,(H2,14,15)/t13-/m1/s1. The Morgan fingerprint density at radius 1 is 1.38 bits per heavy atom. The molecule has 0 amide bonds. The highest BCUT2D eigenvalue weighted by atomic mass is 32.2. The molecular formula is C13H18N2S. The van der Waals surface area contributed by atoms with E-state index in [2.05, 4.69) is 42.2 Å². The summed E-state index contributed by atoms with van der Waals surface area (Å²) in [6.45, 7) is 2.21. The van der Waals surface area contributed by atoms with Crippen LogP contribution in [-0.4, -0.2) is 16.5 Å². The lowest BCUT2D eigenvalue weighted by atomic mass is 9.91. The second-order valence-corrected chi connectivity index (χ2v) is 5.65. The Balaban J connectivity index is 1.97. The maximum absolute atomic E-state index is 5.79. The van der Waals surface area contributed by atoms with Crippen molar-refractivity contribution in [2.24, 2.45) is 10.7 Å². The van der Waals surface area contributed by atoms with Gasteiger partial charge in [0.15, 0.2) is 5.17 Å². The summed E-state index contributed by atoms with van der Waals surface area (Å²) in [5.74, 6) is 1.10. The summed E-state index contributed by atoms with van der Waals surface area (Å²) in [6.07, 6.45) is 3.29. The first-order valence-electron chi connectivity index (χ1n) is 5.70. The zero-order valence-corrected chi connectivity index (χ0v) is 10.5. The third kappa shape index (κ3) is 3.01. The van der Waals surface area contributed by atoms with E-state index in [9.17, 15) is 0 Å². The van der Waals surface area contributed by atoms with E-state index in [-0.39, 0.29) is 5.54 Å². The minimum Gasteiger partial charge on any atom is -0.379 e. The number of aliphatic imine (C=N–C) groups is 1. The van der Waals surface area contributed by atoms with Crippen molar-refractivity contribution in [3.63, 3.8) is 0 Å². The minimum atomic E-state index is 0.0468. The molecule has 0 aromatic heterocycles. The van der Waals surface area contributed by atoms with Crippen molar-refractivity contribution in [1.29, 1.82) is 0 Å². The largest absolute Gasteiger partial charge is 0.379 e. The van der Waals surface area contributed by atoms with E-state index in [1.807, 2.05) is 0 Å². The van der Waals surface area contributed by atoms with Crippen LogP contribution in [0.2, 0.25) is 0 Å². The van der Waals surface area contributed by atoms with Gasteiger partial charge >= 0.3 is 0 Å². The van der Waals surface area contributed by atoms with E-state index in [0.717, 1.165) is 30.2 Å². The van der Waals surface area contributed by atoms with Crippen LogP contribution in [-0.2, 0) is 6.42 Å².